The first-order valence-corrected chi connectivity index (χ1v) is 6.34. The van der Waals surface area contributed by atoms with Gasteiger partial charge in [0.05, 0.1) is 5.41 Å². The molecule has 5 heteroatoms. The summed E-state index contributed by atoms with van der Waals surface area (Å²) in [6.45, 7) is 0. The largest absolute Gasteiger partial charge is 0.369 e. The van der Waals surface area contributed by atoms with E-state index in [1.54, 1.807) is 6.07 Å². The summed E-state index contributed by atoms with van der Waals surface area (Å²) in [6.07, 6.45) is 2.57. The summed E-state index contributed by atoms with van der Waals surface area (Å²) in [5, 5.41) is 0.254. The van der Waals surface area contributed by atoms with Crippen LogP contribution in [0.5, 0.6) is 0 Å². The third-order valence-electron chi connectivity index (χ3n) is 3.80. The number of nitrogens with two attached hydrogens (primary N) is 2. The average Bonchev–Trinajstić information content (AvgIpc) is 2.30. The first-order valence-electron chi connectivity index (χ1n) is 5.97. The lowest BCUT2D eigenvalue weighted by Gasteiger charge is -2.37. The molecule has 18 heavy (non-hydrogen) atoms. The fourth-order valence-corrected chi connectivity index (χ4v) is 3.01. The molecule has 1 aromatic rings. The quantitative estimate of drug-likeness (QED) is 0.864. The molecule has 1 saturated carbocycles. The van der Waals surface area contributed by atoms with Crippen LogP contribution in [0.3, 0.4) is 0 Å². The van der Waals surface area contributed by atoms with Crippen LogP contribution in [-0.2, 0) is 10.2 Å². The van der Waals surface area contributed by atoms with Crippen molar-refractivity contribution >= 4 is 17.5 Å². The van der Waals surface area contributed by atoms with Crippen LogP contribution in [0.15, 0.2) is 18.2 Å². The molecule has 0 saturated heterocycles. The van der Waals surface area contributed by atoms with Gasteiger partial charge in [-0.3, -0.25) is 4.79 Å². The topological polar surface area (TPSA) is 69.1 Å². The second-order valence-corrected chi connectivity index (χ2v) is 5.32. The summed E-state index contributed by atoms with van der Waals surface area (Å²) in [5.74, 6) is -0.834. The molecule has 0 spiro atoms. The Morgan fingerprint density at radius 1 is 1.39 bits per heavy atom. The Balaban J connectivity index is 2.44. The summed E-state index contributed by atoms with van der Waals surface area (Å²) in [6, 6.07) is 4.17. The number of hydrogen-bond acceptors (Lipinski definition) is 2. The van der Waals surface area contributed by atoms with Crippen LogP contribution in [-0.4, -0.2) is 11.9 Å². The Bertz CT molecular complexity index is 470. The van der Waals surface area contributed by atoms with Crippen molar-refractivity contribution < 1.29 is 9.18 Å². The SMILES string of the molecule is NC(=O)C1(c2ccc(F)cc2Cl)CCC(N)CC1. The highest BCUT2D eigenvalue weighted by Crippen LogP contribution is 2.42. The van der Waals surface area contributed by atoms with Crippen molar-refractivity contribution in [2.45, 2.75) is 37.1 Å². The molecular formula is C13H16ClFN2O. The number of hydrogen-bond donors (Lipinski definition) is 2. The van der Waals surface area contributed by atoms with Crippen LogP contribution in [0.1, 0.15) is 31.2 Å². The summed E-state index contributed by atoms with van der Waals surface area (Å²) in [7, 11) is 0. The zero-order valence-electron chi connectivity index (χ0n) is 9.96. The summed E-state index contributed by atoms with van der Waals surface area (Å²) < 4.78 is 13.1. The zero-order valence-corrected chi connectivity index (χ0v) is 10.7. The fraction of sp³-hybridized carbons (Fsp3) is 0.462. The molecule has 98 valence electrons. The summed E-state index contributed by atoms with van der Waals surface area (Å²) >= 11 is 6.05. The van der Waals surface area contributed by atoms with E-state index in [4.69, 9.17) is 23.1 Å². The van der Waals surface area contributed by atoms with Crippen LogP contribution < -0.4 is 11.5 Å². The van der Waals surface area contributed by atoms with Gasteiger partial charge < -0.3 is 11.5 Å². The lowest BCUT2D eigenvalue weighted by molar-refractivity contribution is -0.124. The number of carbonyl (C=O) groups is 1. The van der Waals surface area contributed by atoms with E-state index in [2.05, 4.69) is 0 Å². The van der Waals surface area contributed by atoms with E-state index in [-0.39, 0.29) is 11.1 Å². The Hall–Kier alpha value is -1.13. The van der Waals surface area contributed by atoms with Gasteiger partial charge in [-0.15, -0.1) is 0 Å². The molecular weight excluding hydrogens is 255 g/mol. The summed E-state index contributed by atoms with van der Waals surface area (Å²) in [5.41, 5.74) is 11.2. The van der Waals surface area contributed by atoms with Crippen molar-refractivity contribution in [3.8, 4) is 0 Å². The van der Waals surface area contributed by atoms with Crippen molar-refractivity contribution in [1.29, 1.82) is 0 Å². The van der Waals surface area contributed by atoms with Gasteiger partial charge in [0.1, 0.15) is 5.82 Å². The second kappa shape index (κ2) is 4.86. The van der Waals surface area contributed by atoms with Crippen LogP contribution in [0.2, 0.25) is 5.02 Å². The smallest absolute Gasteiger partial charge is 0.228 e. The van der Waals surface area contributed by atoms with E-state index in [1.807, 2.05) is 0 Å². The third kappa shape index (κ3) is 2.22. The molecule has 1 aromatic carbocycles. The van der Waals surface area contributed by atoms with Gasteiger partial charge in [-0.2, -0.15) is 0 Å². The molecule has 0 aromatic heterocycles. The molecule has 0 heterocycles. The van der Waals surface area contributed by atoms with Crippen LogP contribution in [0.25, 0.3) is 0 Å². The van der Waals surface area contributed by atoms with Gasteiger partial charge in [0.15, 0.2) is 0 Å². The Morgan fingerprint density at radius 3 is 2.50 bits per heavy atom. The minimum Gasteiger partial charge on any atom is -0.369 e. The molecule has 0 aliphatic heterocycles. The molecule has 1 aliphatic carbocycles. The normalized spacial score (nSPS) is 28.1. The fourth-order valence-electron chi connectivity index (χ4n) is 2.66. The van der Waals surface area contributed by atoms with E-state index in [1.165, 1.54) is 12.1 Å². The first-order chi connectivity index (χ1) is 8.45. The Kier molecular flexibility index (Phi) is 3.59. The van der Waals surface area contributed by atoms with Gasteiger partial charge in [0, 0.05) is 11.1 Å². The standard InChI is InChI=1S/C13H16ClFN2O/c14-11-7-8(15)1-2-10(11)13(12(17)18)5-3-9(16)4-6-13/h1-2,7,9H,3-6,16H2,(H2,17,18). The van der Waals surface area contributed by atoms with Crippen molar-refractivity contribution in [3.05, 3.63) is 34.6 Å². The van der Waals surface area contributed by atoms with E-state index in [0.717, 1.165) is 12.8 Å². The van der Waals surface area contributed by atoms with Crippen molar-refractivity contribution in [2.75, 3.05) is 0 Å². The summed E-state index contributed by atoms with van der Waals surface area (Å²) in [4.78, 5) is 11.8. The molecule has 2 rings (SSSR count). The second-order valence-electron chi connectivity index (χ2n) is 4.91. The molecule has 1 fully saturated rings. The van der Waals surface area contributed by atoms with Crippen LogP contribution in [0.4, 0.5) is 4.39 Å². The van der Waals surface area contributed by atoms with E-state index >= 15 is 0 Å². The van der Waals surface area contributed by atoms with Gasteiger partial charge in [0.2, 0.25) is 5.91 Å². The van der Waals surface area contributed by atoms with Crippen LogP contribution >= 0.6 is 11.6 Å². The van der Waals surface area contributed by atoms with Crippen molar-refractivity contribution in [3.63, 3.8) is 0 Å². The predicted molar refractivity (Wildman–Crippen MR) is 68.7 cm³/mol. The van der Waals surface area contributed by atoms with E-state index in [9.17, 15) is 9.18 Å². The Morgan fingerprint density at radius 2 is 2.00 bits per heavy atom. The maximum absolute atomic E-state index is 13.1. The minimum atomic E-state index is -0.805. The van der Waals surface area contributed by atoms with E-state index in [0.29, 0.717) is 18.4 Å². The maximum Gasteiger partial charge on any atom is 0.228 e. The van der Waals surface area contributed by atoms with Crippen LogP contribution in [0, 0.1) is 5.82 Å². The number of primary amides is 1. The number of amides is 1. The number of rotatable bonds is 2. The van der Waals surface area contributed by atoms with E-state index < -0.39 is 17.1 Å². The first kappa shape index (κ1) is 13.3. The number of benzene rings is 1. The molecule has 0 unspecified atom stereocenters. The van der Waals surface area contributed by atoms with Gasteiger partial charge >= 0.3 is 0 Å². The van der Waals surface area contributed by atoms with Gasteiger partial charge in [-0.05, 0) is 43.4 Å². The number of halogens is 2. The molecule has 1 amide bonds. The molecule has 0 bridgehead atoms. The molecule has 0 radical (unpaired) electrons. The highest BCUT2D eigenvalue weighted by Gasteiger charge is 2.42. The third-order valence-corrected chi connectivity index (χ3v) is 4.11. The molecule has 0 atom stereocenters. The average molecular weight is 271 g/mol. The maximum atomic E-state index is 13.1. The van der Waals surface area contributed by atoms with Crippen molar-refractivity contribution in [1.82, 2.24) is 0 Å². The number of carbonyl (C=O) groups excluding carboxylic acids is 1. The minimum absolute atomic E-state index is 0.0942. The predicted octanol–water partition coefficient (Wildman–Crippen LogP) is 2.10. The zero-order chi connectivity index (χ0) is 13.3. The Labute approximate surface area is 110 Å². The lowest BCUT2D eigenvalue weighted by atomic mass is 9.68. The monoisotopic (exact) mass is 270 g/mol. The van der Waals surface area contributed by atoms with Crippen molar-refractivity contribution in [2.24, 2.45) is 11.5 Å². The van der Waals surface area contributed by atoms with Gasteiger partial charge in [-0.1, -0.05) is 17.7 Å². The lowest BCUT2D eigenvalue weighted by Crippen LogP contribution is -2.46. The molecule has 3 nitrogen and oxygen atoms in total. The highest BCUT2D eigenvalue weighted by molar-refractivity contribution is 6.31. The molecule has 1 aliphatic rings. The molecule has 4 N–H and O–H groups in total. The highest BCUT2D eigenvalue weighted by atomic mass is 35.5. The van der Waals surface area contributed by atoms with Gasteiger partial charge in [0.25, 0.3) is 0 Å². The van der Waals surface area contributed by atoms with Gasteiger partial charge in [-0.25, -0.2) is 4.39 Å².